The van der Waals surface area contributed by atoms with Gasteiger partial charge in [-0.3, -0.25) is 4.79 Å². The van der Waals surface area contributed by atoms with Crippen molar-refractivity contribution in [3.63, 3.8) is 0 Å². The van der Waals surface area contributed by atoms with Crippen LogP contribution in [0.2, 0.25) is 5.02 Å². The highest BCUT2D eigenvalue weighted by Gasteiger charge is 2.10. The molecule has 0 aliphatic carbocycles. The van der Waals surface area contributed by atoms with E-state index in [2.05, 4.69) is 0 Å². The second kappa shape index (κ2) is 6.55. The molecule has 0 atom stereocenters. The topological polar surface area (TPSA) is 52.3 Å². The molecule has 0 saturated heterocycles. The normalized spacial score (nSPS) is 10.3. The van der Waals surface area contributed by atoms with Crippen LogP contribution in [-0.2, 0) is 6.54 Å². The molecule has 2 rings (SSSR count). The minimum Gasteiger partial charge on any atom is -0.457 e. The first-order valence-corrected chi connectivity index (χ1v) is 6.81. The largest absolute Gasteiger partial charge is 0.457 e. The van der Waals surface area contributed by atoms with Gasteiger partial charge in [-0.15, -0.1) is 0 Å². The van der Waals surface area contributed by atoms with E-state index in [1.807, 2.05) is 6.92 Å². The molecule has 2 aromatic carbocycles. The van der Waals surface area contributed by atoms with Gasteiger partial charge in [0.25, 0.3) is 0 Å². The fourth-order valence-corrected chi connectivity index (χ4v) is 2.03. The predicted molar refractivity (Wildman–Crippen MR) is 80.5 cm³/mol. The van der Waals surface area contributed by atoms with Crippen LogP contribution in [0.4, 0.5) is 0 Å². The zero-order valence-corrected chi connectivity index (χ0v) is 12.0. The maximum Gasteiger partial charge on any atom is 0.162 e. The van der Waals surface area contributed by atoms with Gasteiger partial charge in [0, 0.05) is 23.6 Å². The van der Waals surface area contributed by atoms with Crippen LogP contribution in [0.25, 0.3) is 0 Å². The molecule has 3 nitrogen and oxygen atoms in total. The van der Waals surface area contributed by atoms with E-state index in [1.54, 1.807) is 42.5 Å². The average Bonchev–Trinajstić information content (AvgIpc) is 2.48. The molecule has 0 radical (unpaired) electrons. The van der Waals surface area contributed by atoms with Crippen molar-refractivity contribution in [2.45, 2.75) is 19.9 Å². The van der Waals surface area contributed by atoms with Gasteiger partial charge in [-0.25, -0.2) is 0 Å². The Balaban J connectivity index is 2.25. The summed E-state index contributed by atoms with van der Waals surface area (Å²) in [5, 5.41) is 0.656. The second-order valence-electron chi connectivity index (χ2n) is 4.36. The zero-order valence-electron chi connectivity index (χ0n) is 11.2. The Morgan fingerprint density at radius 3 is 2.40 bits per heavy atom. The summed E-state index contributed by atoms with van der Waals surface area (Å²) in [6, 6.07) is 12.4. The lowest BCUT2D eigenvalue weighted by Crippen LogP contribution is -2.07. The van der Waals surface area contributed by atoms with E-state index in [9.17, 15) is 4.79 Å². The Kier molecular flexibility index (Phi) is 4.77. The Hall–Kier alpha value is -1.84. The molecule has 0 aliphatic heterocycles. The summed E-state index contributed by atoms with van der Waals surface area (Å²) in [7, 11) is 0. The molecule has 0 amide bonds. The van der Waals surface area contributed by atoms with Gasteiger partial charge in [0.05, 0.1) is 0 Å². The van der Waals surface area contributed by atoms with Crippen LogP contribution in [-0.4, -0.2) is 5.78 Å². The average molecular weight is 290 g/mol. The standard InChI is InChI=1S/C16H16ClNO2/c1-2-16(19)15-8-7-14(9-11(15)10-18)20-13-5-3-12(17)4-6-13/h3-9H,2,10,18H2,1H3. The van der Waals surface area contributed by atoms with Crippen LogP contribution in [0.15, 0.2) is 42.5 Å². The lowest BCUT2D eigenvalue weighted by Gasteiger charge is -2.10. The van der Waals surface area contributed by atoms with Gasteiger partial charge in [-0.05, 0) is 48.0 Å². The number of rotatable bonds is 5. The first-order valence-electron chi connectivity index (χ1n) is 6.43. The quantitative estimate of drug-likeness (QED) is 0.840. The number of benzene rings is 2. The van der Waals surface area contributed by atoms with Crippen LogP contribution >= 0.6 is 11.6 Å². The monoisotopic (exact) mass is 289 g/mol. The molecule has 0 spiro atoms. The zero-order chi connectivity index (χ0) is 14.5. The van der Waals surface area contributed by atoms with Crippen LogP contribution in [0, 0.1) is 0 Å². The van der Waals surface area contributed by atoms with E-state index in [0.717, 1.165) is 5.56 Å². The van der Waals surface area contributed by atoms with E-state index in [0.29, 0.717) is 35.1 Å². The lowest BCUT2D eigenvalue weighted by molar-refractivity contribution is 0.0987. The number of ether oxygens (including phenoxy) is 1. The Morgan fingerprint density at radius 2 is 1.80 bits per heavy atom. The molecule has 20 heavy (non-hydrogen) atoms. The van der Waals surface area contributed by atoms with Crippen molar-refractivity contribution in [1.29, 1.82) is 0 Å². The maximum atomic E-state index is 11.8. The van der Waals surface area contributed by atoms with Crippen molar-refractivity contribution in [3.8, 4) is 11.5 Å². The highest BCUT2D eigenvalue weighted by Crippen LogP contribution is 2.25. The number of ketones is 1. The summed E-state index contributed by atoms with van der Waals surface area (Å²) in [6.07, 6.45) is 0.463. The molecule has 0 heterocycles. The molecule has 104 valence electrons. The van der Waals surface area contributed by atoms with Crippen molar-refractivity contribution in [3.05, 3.63) is 58.6 Å². The fraction of sp³-hybridized carbons (Fsp3) is 0.188. The minimum absolute atomic E-state index is 0.0866. The summed E-state index contributed by atoms with van der Waals surface area (Å²) in [5.41, 5.74) is 7.16. The third kappa shape index (κ3) is 3.38. The van der Waals surface area contributed by atoms with E-state index >= 15 is 0 Å². The Labute approximate surface area is 123 Å². The number of nitrogens with two attached hydrogens (primary N) is 1. The van der Waals surface area contributed by atoms with Gasteiger partial charge >= 0.3 is 0 Å². The highest BCUT2D eigenvalue weighted by atomic mass is 35.5. The third-order valence-corrected chi connectivity index (χ3v) is 3.22. The van der Waals surface area contributed by atoms with Gasteiger partial charge in [0.2, 0.25) is 0 Å². The minimum atomic E-state index is 0.0866. The molecule has 0 aliphatic rings. The fourth-order valence-electron chi connectivity index (χ4n) is 1.90. The van der Waals surface area contributed by atoms with E-state index in [1.165, 1.54) is 0 Å². The smallest absolute Gasteiger partial charge is 0.162 e. The molecular formula is C16H16ClNO2. The molecule has 0 aromatic heterocycles. The number of carbonyl (C=O) groups is 1. The first kappa shape index (κ1) is 14.6. The number of hydrogen-bond donors (Lipinski definition) is 1. The van der Waals surface area contributed by atoms with Gasteiger partial charge < -0.3 is 10.5 Å². The number of carbonyl (C=O) groups excluding carboxylic acids is 1. The summed E-state index contributed by atoms with van der Waals surface area (Å²) >= 11 is 5.82. The first-order chi connectivity index (χ1) is 9.63. The van der Waals surface area contributed by atoms with Crippen molar-refractivity contribution < 1.29 is 9.53 Å². The van der Waals surface area contributed by atoms with Crippen LogP contribution in [0.1, 0.15) is 29.3 Å². The van der Waals surface area contributed by atoms with Crippen LogP contribution < -0.4 is 10.5 Å². The molecule has 4 heteroatoms. The van der Waals surface area contributed by atoms with Crippen molar-refractivity contribution in [2.75, 3.05) is 0 Å². The van der Waals surface area contributed by atoms with Crippen molar-refractivity contribution >= 4 is 17.4 Å². The van der Waals surface area contributed by atoms with Gasteiger partial charge in [0.15, 0.2) is 5.78 Å². The summed E-state index contributed by atoms with van der Waals surface area (Å²) in [6.45, 7) is 2.14. The number of hydrogen-bond acceptors (Lipinski definition) is 3. The van der Waals surface area contributed by atoms with Gasteiger partial charge in [-0.2, -0.15) is 0 Å². The second-order valence-corrected chi connectivity index (χ2v) is 4.79. The van der Waals surface area contributed by atoms with Crippen molar-refractivity contribution in [1.82, 2.24) is 0 Å². The third-order valence-electron chi connectivity index (χ3n) is 2.97. The molecule has 0 fully saturated rings. The van der Waals surface area contributed by atoms with E-state index in [4.69, 9.17) is 22.1 Å². The van der Waals surface area contributed by atoms with Crippen LogP contribution in [0.5, 0.6) is 11.5 Å². The van der Waals surface area contributed by atoms with Crippen LogP contribution in [0.3, 0.4) is 0 Å². The number of Topliss-reactive ketones (excluding diaryl/α,β-unsaturated/α-hetero) is 1. The maximum absolute atomic E-state index is 11.8. The summed E-state index contributed by atoms with van der Waals surface area (Å²) < 4.78 is 5.72. The van der Waals surface area contributed by atoms with Crippen molar-refractivity contribution in [2.24, 2.45) is 5.73 Å². The summed E-state index contributed by atoms with van der Waals surface area (Å²) in [4.78, 5) is 11.8. The lowest BCUT2D eigenvalue weighted by atomic mass is 10.0. The number of halogens is 1. The SMILES string of the molecule is CCC(=O)c1ccc(Oc2ccc(Cl)cc2)cc1CN. The molecule has 2 N–H and O–H groups in total. The molecule has 0 unspecified atom stereocenters. The van der Waals surface area contributed by atoms with E-state index < -0.39 is 0 Å². The highest BCUT2D eigenvalue weighted by molar-refractivity contribution is 6.30. The summed E-state index contributed by atoms with van der Waals surface area (Å²) in [5.74, 6) is 1.43. The molecular weight excluding hydrogens is 274 g/mol. The Morgan fingerprint density at radius 1 is 1.15 bits per heavy atom. The van der Waals surface area contributed by atoms with E-state index in [-0.39, 0.29) is 5.78 Å². The predicted octanol–water partition coefficient (Wildman–Crippen LogP) is 4.18. The molecule has 2 aromatic rings. The molecule has 0 saturated carbocycles. The van der Waals surface area contributed by atoms with Gasteiger partial charge in [0.1, 0.15) is 11.5 Å². The van der Waals surface area contributed by atoms with Gasteiger partial charge in [-0.1, -0.05) is 18.5 Å². The molecule has 0 bridgehead atoms. The Bertz CT molecular complexity index is 608.